The minimum absolute atomic E-state index is 0.0787. The zero-order valence-corrected chi connectivity index (χ0v) is 11.4. The van der Waals surface area contributed by atoms with Crippen molar-refractivity contribution in [1.82, 2.24) is 9.88 Å². The van der Waals surface area contributed by atoms with Gasteiger partial charge in [0.25, 0.3) is 5.91 Å². The third-order valence-electron chi connectivity index (χ3n) is 2.97. The normalized spacial score (nSPS) is 16.9. The molecule has 0 aliphatic carbocycles. The first-order valence-electron chi connectivity index (χ1n) is 5.90. The second-order valence-corrected chi connectivity index (χ2v) is 5.61. The first kappa shape index (κ1) is 13.1. The van der Waals surface area contributed by atoms with E-state index in [1.54, 1.807) is 4.90 Å². The number of thiazole rings is 1. The molecule has 1 amide bonds. The summed E-state index contributed by atoms with van der Waals surface area (Å²) in [7, 11) is 3.73. The zero-order chi connectivity index (χ0) is 13.3. The molecule has 0 atom stereocenters. The number of nitrogen functional groups attached to an aromatic ring is 1. The van der Waals surface area contributed by atoms with E-state index in [9.17, 15) is 9.90 Å². The first-order valence-corrected chi connectivity index (χ1v) is 6.71. The number of aromatic nitrogens is 1. The van der Waals surface area contributed by atoms with Gasteiger partial charge in [-0.2, -0.15) is 0 Å². The Hall–Kier alpha value is -1.34. The lowest BCUT2D eigenvalue weighted by Crippen LogP contribution is -2.39. The Morgan fingerprint density at radius 1 is 1.50 bits per heavy atom. The highest BCUT2D eigenvalue weighted by Crippen LogP contribution is 2.28. The fourth-order valence-electron chi connectivity index (χ4n) is 1.88. The number of rotatable bonds is 2. The van der Waals surface area contributed by atoms with E-state index in [0.29, 0.717) is 36.6 Å². The third kappa shape index (κ3) is 2.56. The lowest BCUT2D eigenvalue weighted by molar-refractivity contribution is 0.0551. The van der Waals surface area contributed by atoms with Gasteiger partial charge >= 0.3 is 0 Å². The molecular weight excluding hydrogens is 252 g/mol. The van der Waals surface area contributed by atoms with Crippen LogP contribution in [0.15, 0.2) is 0 Å². The summed E-state index contributed by atoms with van der Waals surface area (Å²) >= 11 is 1.31. The molecule has 0 unspecified atom stereocenters. The highest BCUT2D eigenvalue weighted by molar-refractivity contribution is 7.18. The zero-order valence-electron chi connectivity index (χ0n) is 10.6. The molecule has 100 valence electrons. The number of carbonyl (C=O) groups is 1. The number of nitrogens with two attached hydrogens (primary N) is 1. The van der Waals surface area contributed by atoms with Crippen LogP contribution in [0.4, 0.5) is 10.9 Å². The van der Waals surface area contributed by atoms with Crippen molar-refractivity contribution in [3.63, 3.8) is 0 Å². The van der Waals surface area contributed by atoms with Crippen LogP contribution in [0.3, 0.4) is 0 Å². The number of anilines is 2. The van der Waals surface area contributed by atoms with Crippen molar-refractivity contribution in [1.29, 1.82) is 0 Å². The number of piperidine rings is 1. The van der Waals surface area contributed by atoms with E-state index in [4.69, 9.17) is 5.73 Å². The Morgan fingerprint density at radius 3 is 2.61 bits per heavy atom. The number of hydrogen-bond donors (Lipinski definition) is 2. The van der Waals surface area contributed by atoms with Crippen molar-refractivity contribution in [3.8, 4) is 0 Å². The molecule has 0 spiro atoms. The summed E-state index contributed by atoms with van der Waals surface area (Å²) < 4.78 is 0. The van der Waals surface area contributed by atoms with Crippen LogP contribution in [-0.2, 0) is 0 Å². The van der Waals surface area contributed by atoms with Crippen molar-refractivity contribution in [3.05, 3.63) is 4.88 Å². The second-order valence-electron chi connectivity index (χ2n) is 4.63. The van der Waals surface area contributed by atoms with Gasteiger partial charge < -0.3 is 20.6 Å². The minimum Gasteiger partial charge on any atom is -0.393 e. The van der Waals surface area contributed by atoms with Gasteiger partial charge in [0.1, 0.15) is 10.7 Å². The number of likely N-dealkylation sites (tertiary alicyclic amines) is 1. The molecule has 7 heteroatoms. The average Bonchev–Trinajstić information content (AvgIpc) is 2.71. The SMILES string of the molecule is CN(C)c1nc(N)c(C(=O)N2CCC(O)CC2)s1. The lowest BCUT2D eigenvalue weighted by atomic mass is 10.1. The molecule has 0 bridgehead atoms. The van der Waals surface area contributed by atoms with E-state index in [0.717, 1.165) is 5.13 Å². The molecule has 1 aliphatic heterocycles. The van der Waals surface area contributed by atoms with E-state index in [2.05, 4.69) is 4.98 Å². The lowest BCUT2D eigenvalue weighted by Gasteiger charge is -2.29. The third-order valence-corrected chi connectivity index (χ3v) is 4.20. The Kier molecular flexibility index (Phi) is 3.72. The standard InChI is InChI=1S/C11H18N4O2S/c1-14(2)11-13-9(12)8(18-11)10(17)15-5-3-7(16)4-6-15/h7,16H,3-6,12H2,1-2H3. The van der Waals surface area contributed by atoms with Crippen LogP contribution in [0.5, 0.6) is 0 Å². The van der Waals surface area contributed by atoms with E-state index in [1.165, 1.54) is 11.3 Å². The van der Waals surface area contributed by atoms with Crippen LogP contribution >= 0.6 is 11.3 Å². The Bertz CT molecular complexity index is 438. The van der Waals surface area contributed by atoms with Gasteiger partial charge in [-0.15, -0.1) is 0 Å². The van der Waals surface area contributed by atoms with Gasteiger partial charge in [-0.1, -0.05) is 11.3 Å². The van der Waals surface area contributed by atoms with Crippen LogP contribution in [0.1, 0.15) is 22.5 Å². The van der Waals surface area contributed by atoms with Gasteiger partial charge in [-0.05, 0) is 12.8 Å². The molecule has 1 fully saturated rings. The molecule has 0 aromatic carbocycles. The second kappa shape index (κ2) is 5.11. The average molecular weight is 270 g/mol. The van der Waals surface area contributed by atoms with E-state index in [-0.39, 0.29) is 12.0 Å². The summed E-state index contributed by atoms with van der Waals surface area (Å²) in [5, 5.41) is 10.2. The number of aliphatic hydroxyl groups excluding tert-OH is 1. The molecule has 1 aromatic heterocycles. The van der Waals surface area contributed by atoms with Gasteiger partial charge in [0.2, 0.25) is 0 Å². The van der Waals surface area contributed by atoms with Crippen LogP contribution in [0, 0.1) is 0 Å². The van der Waals surface area contributed by atoms with Crippen LogP contribution in [0.25, 0.3) is 0 Å². The molecule has 3 N–H and O–H groups in total. The predicted molar refractivity (Wildman–Crippen MR) is 72.0 cm³/mol. The molecular formula is C11H18N4O2S. The fourth-order valence-corrected chi connectivity index (χ4v) is 2.75. The summed E-state index contributed by atoms with van der Waals surface area (Å²) in [5.41, 5.74) is 5.79. The summed E-state index contributed by atoms with van der Waals surface area (Å²) in [6.45, 7) is 1.16. The number of aliphatic hydroxyl groups is 1. The van der Waals surface area contributed by atoms with Crippen LogP contribution < -0.4 is 10.6 Å². The van der Waals surface area contributed by atoms with E-state index < -0.39 is 0 Å². The van der Waals surface area contributed by atoms with Crippen molar-refractivity contribution < 1.29 is 9.90 Å². The van der Waals surface area contributed by atoms with E-state index in [1.807, 2.05) is 19.0 Å². The molecule has 0 saturated carbocycles. The van der Waals surface area contributed by atoms with Crippen LogP contribution in [-0.4, -0.2) is 54.2 Å². The fraction of sp³-hybridized carbons (Fsp3) is 0.636. The maximum Gasteiger partial charge on any atom is 0.267 e. The Balaban J connectivity index is 2.13. The summed E-state index contributed by atoms with van der Waals surface area (Å²) in [6.07, 6.45) is 0.973. The number of hydrogen-bond acceptors (Lipinski definition) is 6. The van der Waals surface area contributed by atoms with E-state index >= 15 is 0 Å². The summed E-state index contributed by atoms with van der Waals surface area (Å²) in [4.78, 5) is 20.5. The molecule has 6 nitrogen and oxygen atoms in total. The van der Waals surface area contributed by atoms with Crippen molar-refractivity contribution in [2.45, 2.75) is 18.9 Å². The van der Waals surface area contributed by atoms with Gasteiger partial charge in [0.05, 0.1) is 6.10 Å². The number of carbonyl (C=O) groups excluding carboxylic acids is 1. The highest BCUT2D eigenvalue weighted by atomic mass is 32.1. The number of amides is 1. The molecule has 1 saturated heterocycles. The summed E-state index contributed by atoms with van der Waals surface area (Å²) in [5.74, 6) is 0.213. The monoisotopic (exact) mass is 270 g/mol. The quantitative estimate of drug-likeness (QED) is 0.812. The molecule has 1 aromatic rings. The van der Waals surface area contributed by atoms with Gasteiger partial charge in [0, 0.05) is 27.2 Å². The summed E-state index contributed by atoms with van der Waals surface area (Å²) in [6, 6.07) is 0. The molecule has 18 heavy (non-hydrogen) atoms. The topological polar surface area (TPSA) is 82.7 Å². The molecule has 1 aliphatic rings. The molecule has 2 rings (SSSR count). The Labute approximate surface area is 110 Å². The van der Waals surface area contributed by atoms with Crippen molar-refractivity contribution >= 4 is 28.2 Å². The van der Waals surface area contributed by atoms with Gasteiger partial charge in [-0.3, -0.25) is 4.79 Å². The van der Waals surface area contributed by atoms with Crippen molar-refractivity contribution in [2.24, 2.45) is 0 Å². The maximum absolute atomic E-state index is 12.3. The smallest absolute Gasteiger partial charge is 0.267 e. The van der Waals surface area contributed by atoms with Gasteiger partial charge in [-0.25, -0.2) is 4.98 Å². The minimum atomic E-state index is -0.287. The van der Waals surface area contributed by atoms with Gasteiger partial charge in [0.15, 0.2) is 5.13 Å². The Morgan fingerprint density at radius 2 is 2.11 bits per heavy atom. The number of nitrogens with zero attached hydrogens (tertiary/aromatic N) is 3. The first-order chi connectivity index (χ1) is 8.49. The highest BCUT2D eigenvalue weighted by Gasteiger charge is 2.26. The molecule has 2 heterocycles. The van der Waals surface area contributed by atoms with Crippen molar-refractivity contribution in [2.75, 3.05) is 37.8 Å². The molecule has 0 radical (unpaired) electrons. The van der Waals surface area contributed by atoms with Crippen LogP contribution in [0.2, 0.25) is 0 Å². The maximum atomic E-state index is 12.3. The largest absolute Gasteiger partial charge is 0.393 e. The predicted octanol–water partition coefficient (Wildman–Crippen LogP) is 0.388.